The molecule has 102 valence electrons. The van der Waals surface area contributed by atoms with Crippen molar-refractivity contribution < 1.29 is 13.9 Å². The lowest BCUT2D eigenvalue weighted by molar-refractivity contribution is -0.137. The van der Waals surface area contributed by atoms with Crippen LogP contribution in [0, 0.1) is 11.3 Å². The summed E-state index contributed by atoms with van der Waals surface area (Å²) in [5.74, 6) is 0.144. The van der Waals surface area contributed by atoms with Gasteiger partial charge in [0.25, 0.3) is 0 Å². The highest BCUT2D eigenvalue weighted by Gasteiger charge is 2.15. The summed E-state index contributed by atoms with van der Waals surface area (Å²) < 4.78 is 10.6. The van der Waals surface area contributed by atoms with E-state index in [1.54, 1.807) is 13.0 Å². The Hall–Kier alpha value is -2.54. The fourth-order valence-electron chi connectivity index (χ4n) is 2.03. The molecular formula is C16H15NO3. The molecule has 0 bridgehead atoms. The van der Waals surface area contributed by atoms with E-state index in [-0.39, 0.29) is 12.2 Å². The molecule has 1 aromatic heterocycles. The largest absolute Gasteiger partial charge is 0.462 e. The van der Waals surface area contributed by atoms with Gasteiger partial charge in [0.15, 0.2) is 0 Å². The van der Waals surface area contributed by atoms with Crippen molar-refractivity contribution in [2.24, 2.45) is 0 Å². The Morgan fingerprint density at radius 1 is 1.40 bits per heavy atom. The summed E-state index contributed by atoms with van der Waals surface area (Å²) in [6.07, 6.45) is 2.23. The topological polar surface area (TPSA) is 63.2 Å². The number of para-hydroxylation sites is 1. The van der Waals surface area contributed by atoms with Crippen LogP contribution in [-0.2, 0) is 16.0 Å². The second kappa shape index (κ2) is 6.07. The third kappa shape index (κ3) is 2.57. The van der Waals surface area contributed by atoms with E-state index in [2.05, 4.69) is 0 Å². The van der Waals surface area contributed by atoms with Gasteiger partial charge in [-0.25, -0.2) is 4.79 Å². The normalized spacial score (nSPS) is 11.3. The fourth-order valence-corrected chi connectivity index (χ4v) is 2.03. The van der Waals surface area contributed by atoms with Gasteiger partial charge in [0.1, 0.15) is 23.0 Å². The second-order valence-electron chi connectivity index (χ2n) is 4.18. The maximum Gasteiger partial charge on any atom is 0.348 e. The van der Waals surface area contributed by atoms with Gasteiger partial charge in [-0.1, -0.05) is 25.1 Å². The highest BCUT2D eigenvalue weighted by molar-refractivity contribution is 6.01. The van der Waals surface area contributed by atoms with Crippen molar-refractivity contribution in [2.45, 2.75) is 20.3 Å². The lowest BCUT2D eigenvalue weighted by Crippen LogP contribution is -2.06. The molecule has 4 nitrogen and oxygen atoms in total. The number of nitrogens with zero attached hydrogens (tertiary/aromatic N) is 1. The number of rotatable bonds is 4. The van der Waals surface area contributed by atoms with Crippen molar-refractivity contribution in [1.29, 1.82) is 5.26 Å². The Kier molecular flexibility index (Phi) is 4.21. The molecule has 1 aromatic carbocycles. The number of fused-ring (bicyclic) bond motifs is 1. The van der Waals surface area contributed by atoms with Gasteiger partial charge >= 0.3 is 5.97 Å². The zero-order valence-corrected chi connectivity index (χ0v) is 11.5. The van der Waals surface area contributed by atoms with E-state index in [1.165, 1.54) is 0 Å². The van der Waals surface area contributed by atoms with Crippen molar-refractivity contribution in [3.05, 3.63) is 41.2 Å². The van der Waals surface area contributed by atoms with Crippen LogP contribution in [0.25, 0.3) is 17.0 Å². The van der Waals surface area contributed by atoms with E-state index in [0.717, 1.165) is 22.3 Å². The summed E-state index contributed by atoms with van der Waals surface area (Å²) in [5.41, 5.74) is 1.50. The van der Waals surface area contributed by atoms with Gasteiger partial charge in [-0.05, 0) is 19.1 Å². The molecule has 0 saturated carbocycles. The number of aryl methyl sites for hydroxylation is 1. The number of ether oxygens (including phenoxy) is 1. The van der Waals surface area contributed by atoms with E-state index in [0.29, 0.717) is 6.42 Å². The van der Waals surface area contributed by atoms with Gasteiger partial charge in [0.05, 0.1) is 6.61 Å². The van der Waals surface area contributed by atoms with E-state index in [9.17, 15) is 4.79 Å². The number of carbonyl (C=O) groups excluding carboxylic acids is 1. The van der Waals surface area contributed by atoms with Crippen LogP contribution in [0.3, 0.4) is 0 Å². The molecule has 0 aliphatic heterocycles. The van der Waals surface area contributed by atoms with Crippen LogP contribution in [0.5, 0.6) is 0 Å². The first kappa shape index (κ1) is 13.9. The Labute approximate surface area is 117 Å². The molecule has 0 fully saturated rings. The number of benzene rings is 1. The van der Waals surface area contributed by atoms with Crippen molar-refractivity contribution in [3.63, 3.8) is 0 Å². The van der Waals surface area contributed by atoms with E-state index < -0.39 is 5.97 Å². The molecule has 0 unspecified atom stereocenters. The lowest BCUT2D eigenvalue weighted by atomic mass is 10.1. The quantitative estimate of drug-likeness (QED) is 0.484. The van der Waals surface area contributed by atoms with Crippen LogP contribution in [0.1, 0.15) is 25.2 Å². The predicted molar refractivity (Wildman–Crippen MR) is 75.8 cm³/mol. The van der Waals surface area contributed by atoms with Crippen LogP contribution >= 0.6 is 0 Å². The molecule has 0 aliphatic rings. The molecule has 20 heavy (non-hydrogen) atoms. The monoisotopic (exact) mass is 269 g/mol. The predicted octanol–water partition coefficient (Wildman–Crippen LogP) is 3.47. The summed E-state index contributed by atoms with van der Waals surface area (Å²) in [6, 6.07) is 9.43. The van der Waals surface area contributed by atoms with Gasteiger partial charge in [-0.2, -0.15) is 5.26 Å². The molecule has 0 N–H and O–H groups in total. The summed E-state index contributed by atoms with van der Waals surface area (Å²) in [7, 11) is 0. The van der Waals surface area contributed by atoms with Crippen molar-refractivity contribution in [3.8, 4) is 6.07 Å². The number of furan rings is 1. The molecule has 2 aromatic rings. The zero-order chi connectivity index (χ0) is 14.5. The maximum absolute atomic E-state index is 11.7. The average molecular weight is 269 g/mol. The molecule has 1 heterocycles. The van der Waals surface area contributed by atoms with Crippen LogP contribution in [0.2, 0.25) is 0 Å². The minimum absolute atomic E-state index is 0.0203. The van der Waals surface area contributed by atoms with Crippen molar-refractivity contribution in [1.82, 2.24) is 0 Å². The molecule has 0 radical (unpaired) electrons. The Morgan fingerprint density at radius 2 is 2.15 bits per heavy atom. The van der Waals surface area contributed by atoms with Crippen molar-refractivity contribution in [2.75, 3.05) is 6.61 Å². The van der Waals surface area contributed by atoms with Gasteiger partial charge in [0.2, 0.25) is 0 Å². The van der Waals surface area contributed by atoms with Gasteiger partial charge in [0, 0.05) is 17.4 Å². The Bertz CT molecular complexity index is 704. The van der Waals surface area contributed by atoms with Crippen LogP contribution in [0.15, 0.2) is 34.3 Å². The van der Waals surface area contributed by atoms with Crippen LogP contribution < -0.4 is 0 Å². The molecule has 0 spiro atoms. The second-order valence-corrected chi connectivity index (χ2v) is 4.18. The molecule has 2 rings (SSSR count). The smallest absolute Gasteiger partial charge is 0.348 e. The van der Waals surface area contributed by atoms with E-state index in [1.807, 2.05) is 37.3 Å². The first-order chi connectivity index (χ1) is 9.71. The van der Waals surface area contributed by atoms with Gasteiger partial charge in [-0.15, -0.1) is 0 Å². The van der Waals surface area contributed by atoms with E-state index >= 15 is 0 Å². The third-order valence-corrected chi connectivity index (χ3v) is 2.94. The SMILES string of the molecule is CCOC(=O)/C(C#N)=C/c1c(CC)oc2ccccc12. The number of nitriles is 1. The van der Waals surface area contributed by atoms with E-state index in [4.69, 9.17) is 14.4 Å². The summed E-state index contributed by atoms with van der Waals surface area (Å²) >= 11 is 0. The molecule has 0 atom stereocenters. The Morgan fingerprint density at radius 3 is 2.80 bits per heavy atom. The Balaban J connectivity index is 2.56. The van der Waals surface area contributed by atoms with Crippen LogP contribution in [-0.4, -0.2) is 12.6 Å². The van der Waals surface area contributed by atoms with Crippen molar-refractivity contribution >= 4 is 23.0 Å². The van der Waals surface area contributed by atoms with Crippen LogP contribution in [0.4, 0.5) is 0 Å². The van der Waals surface area contributed by atoms with Gasteiger partial charge in [-0.3, -0.25) is 0 Å². The van der Waals surface area contributed by atoms with Gasteiger partial charge < -0.3 is 9.15 Å². The summed E-state index contributed by atoms with van der Waals surface area (Å²) in [4.78, 5) is 11.7. The average Bonchev–Trinajstić information content (AvgIpc) is 2.82. The molecule has 0 aliphatic carbocycles. The molecular weight excluding hydrogens is 254 g/mol. The minimum atomic E-state index is -0.609. The standard InChI is InChI=1S/C16H15NO3/c1-3-14-13(9-11(10-17)16(18)19-4-2)12-7-5-6-8-15(12)20-14/h5-9H,3-4H2,1-2H3/b11-9+. The molecule has 4 heteroatoms. The summed E-state index contributed by atoms with van der Waals surface area (Å²) in [6.45, 7) is 3.91. The number of carbonyl (C=O) groups is 1. The first-order valence-electron chi connectivity index (χ1n) is 6.50. The number of hydrogen-bond acceptors (Lipinski definition) is 4. The summed E-state index contributed by atoms with van der Waals surface area (Å²) in [5, 5.41) is 10.00. The molecule has 0 amide bonds. The lowest BCUT2D eigenvalue weighted by Gasteiger charge is -2.00. The minimum Gasteiger partial charge on any atom is -0.462 e. The fraction of sp³-hybridized carbons (Fsp3) is 0.250. The highest BCUT2D eigenvalue weighted by atomic mass is 16.5. The third-order valence-electron chi connectivity index (χ3n) is 2.94. The first-order valence-corrected chi connectivity index (χ1v) is 6.50. The highest BCUT2D eigenvalue weighted by Crippen LogP contribution is 2.28. The maximum atomic E-state index is 11.7. The zero-order valence-electron chi connectivity index (χ0n) is 11.5. The number of hydrogen-bond donors (Lipinski definition) is 0. The molecule has 0 saturated heterocycles. The number of esters is 1.